The average molecular weight is 266 g/mol. The standard InChI is InChI=1S/C16H18N4/c1-3-20-10-12(9-18-20)16(17)14-8-11(2)19-15-7-5-4-6-13(14)15/h4-10,16H,3,17H2,1-2H3. The second kappa shape index (κ2) is 5.06. The Morgan fingerprint density at radius 2 is 2.10 bits per heavy atom. The van der Waals surface area contributed by atoms with Gasteiger partial charge in [0.2, 0.25) is 0 Å². The molecule has 1 unspecified atom stereocenters. The van der Waals surface area contributed by atoms with Gasteiger partial charge < -0.3 is 5.73 Å². The van der Waals surface area contributed by atoms with Crippen molar-refractivity contribution in [3.8, 4) is 0 Å². The molecule has 2 heterocycles. The highest BCUT2D eigenvalue weighted by Gasteiger charge is 2.15. The van der Waals surface area contributed by atoms with Crippen LogP contribution < -0.4 is 5.73 Å². The Kier molecular flexibility index (Phi) is 3.24. The highest BCUT2D eigenvalue weighted by Crippen LogP contribution is 2.27. The molecule has 0 saturated heterocycles. The molecule has 4 nitrogen and oxygen atoms in total. The van der Waals surface area contributed by atoms with E-state index in [1.54, 1.807) is 0 Å². The molecule has 0 radical (unpaired) electrons. The summed E-state index contributed by atoms with van der Waals surface area (Å²) in [7, 11) is 0. The van der Waals surface area contributed by atoms with Gasteiger partial charge >= 0.3 is 0 Å². The molecule has 3 rings (SSSR count). The summed E-state index contributed by atoms with van der Waals surface area (Å²) in [5.74, 6) is 0. The van der Waals surface area contributed by atoms with Crippen LogP contribution in [0.15, 0.2) is 42.7 Å². The van der Waals surface area contributed by atoms with Crippen LogP contribution in [0.25, 0.3) is 10.9 Å². The Labute approximate surface area is 118 Å². The van der Waals surface area contributed by atoms with Crippen molar-refractivity contribution in [2.24, 2.45) is 5.73 Å². The lowest BCUT2D eigenvalue weighted by atomic mass is 9.98. The number of nitrogens with zero attached hydrogens (tertiary/aromatic N) is 3. The molecule has 0 aliphatic heterocycles. The summed E-state index contributed by atoms with van der Waals surface area (Å²) >= 11 is 0. The van der Waals surface area contributed by atoms with E-state index in [-0.39, 0.29) is 6.04 Å². The Hall–Kier alpha value is -2.20. The van der Waals surface area contributed by atoms with Crippen molar-refractivity contribution in [1.29, 1.82) is 0 Å². The predicted molar refractivity (Wildman–Crippen MR) is 80.4 cm³/mol. The number of fused-ring (bicyclic) bond motifs is 1. The summed E-state index contributed by atoms with van der Waals surface area (Å²) in [5.41, 5.74) is 10.5. The molecule has 0 aliphatic rings. The van der Waals surface area contributed by atoms with E-state index < -0.39 is 0 Å². The topological polar surface area (TPSA) is 56.7 Å². The molecule has 0 fully saturated rings. The first-order valence-corrected chi connectivity index (χ1v) is 6.83. The molecule has 0 bridgehead atoms. The zero-order valence-electron chi connectivity index (χ0n) is 11.7. The number of aromatic nitrogens is 3. The maximum Gasteiger partial charge on any atom is 0.0708 e. The van der Waals surface area contributed by atoms with Crippen LogP contribution in [-0.2, 0) is 6.54 Å². The smallest absolute Gasteiger partial charge is 0.0708 e. The molecule has 3 aromatic rings. The second-order valence-electron chi connectivity index (χ2n) is 4.98. The highest BCUT2D eigenvalue weighted by atomic mass is 15.3. The van der Waals surface area contributed by atoms with E-state index in [1.165, 1.54) is 0 Å². The SMILES string of the molecule is CCn1cc(C(N)c2cc(C)nc3ccccc23)cn1. The molecule has 0 spiro atoms. The summed E-state index contributed by atoms with van der Waals surface area (Å²) in [4.78, 5) is 4.56. The molecule has 1 aromatic carbocycles. The Morgan fingerprint density at radius 1 is 1.30 bits per heavy atom. The van der Waals surface area contributed by atoms with Crippen molar-refractivity contribution in [3.63, 3.8) is 0 Å². The van der Waals surface area contributed by atoms with E-state index in [0.29, 0.717) is 0 Å². The number of hydrogen-bond donors (Lipinski definition) is 1. The van der Waals surface area contributed by atoms with Gasteiger partial charge in [0.15, 0.2) is 0 Å². The zero-order valence-corrected chi connectivity index (χ0v) is 11.7. The first kappa shape index (κ1) is 12.8. The third-order valence-corrected chi connectivity index (χ3v) is 3.55. The van der Waals surface area contributed by atoms with Gasteiger partial charge in [-0.15, -0.1) is 0 Å². The van der Waals surface area contributed by atoms with Crippen LogP contribution in [0.4, 0.5) is 0 Å². The maximum atomic E-state index is 6.44. The van der Waals surface area contributed by atoms with Crippen molar-refractivity contribution in [1.82, 2.24) is 14.8 Å². The fourth-order valence-corrected chi connectivity index (χ4v) is 2.49. The van der Waals surface area contributed by atoms with Gasteiger partial charge in [-0.3, -0.25) is 9.67 Å². The van der Waals surface area contributed by atoms with E-state index in [2.05, 4.69) is 29.1 Å². The minimum atomic E-state index is -0.179. The molecule has 4 heteroatoms. The van der Waals surface area contributed by atoms with E-state index >= 15 is 0 Å². The summed E-state index contributed by atoms with van der Waals surface area (Å²) in [5, 5.41) is 5.41. The molecule has 2 aromatic heterocycles. The van der Waals surface area contributed by atoms with Gasteiger partial charge in [-0.05, 0) is 31.5 Å². The molecular weight excluding hydrogens is 248 g/mol. The van der Waals surface area contributed by atoms with Crippen molar-refractivity contribution < 1.29 is 0 Å². The average Bonchev–Trinajstić information content (AvgIpc) is 2.94. The number of aryl methyl sites for hydroxylation is 2. The fourth-order valence-electron chi connectivity index (χ4n) is 2.49. The van der Waals surface area contributed by atoms with Crippen LogP contribution in [0.1, 0.15) is 29.8 Å². The number of rotatable bonds is 3. The third-order valence-electron chi connectivity index (χ3n) is 3.55. The molecule has 0 saturated carbocycles. The van der Waals surface area contributed by atoms with Gasteiger partial charge in [0, 0.05) is 29.4 Å². The lowest BCUT2D eigenvalue weighted by molar-refractivity contribution is 0.658. The van der Waals surface area contributed by atoms with Crippen LogP contribution in [-0.4, -0.2) is 14.8 Å². The Balaban J connectivity index is 2.13. The van der Waals surface area contributed by atoms with Crippen molar-refractivity contribution >= 4 is 10.9 Å². The van der Waals surface area contributed by atoms with Crippen LogP contribution >= 0.6 is 0 Å². The minimum absolute atomic E-state index is 0.179. The van der Waals surface area contributed by atoms with Crippen LogP contribution in [0.5, 0.6) is 0 Å². The minimum Gasteiger partial charge on any atom is -0.320 e. The molecule has 1 atom stereocenters. The van der Waals surface area contributed by atoms with Crippen molar-refractivity contribution in [3.05, 3.63) is 59.5 Å². The molecule has 0 aliphatic carbocycles. The number of nitrogens with two attached hydrogens (primary N) is 1. The quantitative estimate of drug-likeness (QED) is 0.793. The highest BCUT2D eigenvalue weighted by molar-refractivity contribution is 5.83. The van der Waals surface area contributed by atoms with Gasteiger partial charge in [-0.2, -0.15) is 5.10 Å². The monoisotopic (exact) mass is 266 g/mol. The van der Waals surface area contributed by atoms with Crippen molar-refractivity contribution in [2.75, 3.05) is 0 Å². The number of benzene rings is 1. The number of hydrogen-bond acceptors (Lipinski definition) is 3. The normalized spacial score (nSPS) is 12.8. The molecule has 0 amide bonds. The fraction of sp³-hybridized carbons (Fsp3) is 0.250. The van der Waals surface area contributed by atoms with Gasteiger partial charge in [0.25, 0.3) is 0 Å². The van der Waals surface area contributed by atoms with Gasteiger partial charge in [-0.25, -0.2) is 0 Å². The summed E-state index contributed by atoms with van der Waals surface area (Å²) in [6, 6.07) is 10.00. The summed E-state index contributed by atoms with van der Waals surface area (Å²) in [6.45, 7) is 4.91. The summed E-state index contributed by atoms with van der Waals surface area (Å²) < 4.78 is 1.89. The van der Waals surface area contributed by atoms with Crippen LogP contribution in [0, 0.1) is 6.92 Å². The third kappa shape index (κ3) is 2.18. The van der Waals surface area contributed by atoms with Gasteiger partial charge in [0.1, 0.15) is 0 Å². The molecule has 2 N–H and O–H groups in total. The molecule has 20 heavy (non-hydrogen) atoms. The number of para-hydroxylation sites is 1. The molecule has 102 valence electrons. The van der Waals surface area contributed by atoms with E-state index in [9.17, 15) is 0 Å². The van der Waals surface area contributed by atoms with Gasteiger partial charge in [-0.1, -0.05) is 18.2 Å². The number of pyridine rings is 1. The second-order valence-corrected chi connectivity index (χ2v) is 4.98. The summed E-state index contributed by atoms with van der Waals surface area (Å²) in [6.07, 6.45) is 3.86. The Morgan fingerprint density at radius 3 is 2.85 bits per heavy atom. The largest absolute Gasteiger partial charge is 0.320 e. The van der Waals surface area contributed by atoms with Crippen molar-refractivity contribution in [2.45, 2.75) is 26.4 Å². The van der Waals surface area contributed by atoms with Crippen LogP contribution in [0.3, 0.4) is 0 Å². The lowest BCUT2D eigenvalue weighted by Gasteiger charge is -2.14. The predicted octanol–water partition coefficient (Wildman–Crippen LogP) is 2.81. The van der Waals surface area contributed by atoms with Gasteiger partial charge in [0.05, 0.1) is 17.8 Å². The maximum absolute atomic E-state index is 6.44. The van der Waals surface area contributed by atoms with E-state index in [4.69, 9.17) is 5.73 Å². The lowest BCUT2D eigenvalue weighted by Crippen LogP contribution is -2.12. The van der Waals surface area contributed by atoms with E-state index in [0.717, 1.165) is 34.3 Å². The van der Waals surface area contributed by atoms with E-state index in [1.807, 2.05) is 42.2 Å². The van der Waals surface area contributed by atoms with Crippen LogP contribution in [0.2, 0.25) is 0 Å². The first-order chi connectivity index (χ1) is 9.69. The zero-order chi connectivity index (χ0) is 14.1. The first-order valence-electron chi connectivity index (χ1n) is 6.83. The Bertz CT molecular complexity index is 745. The molecular formula is C16H18N4.